The van der Waals surface area contributed by atoms with Gasteiger partial charge in [-0.25, -0.2) is 4.79 Å². The number of rotatable bonds is 11. The van der Waals surface area contributed by atoms with Crippen LogP contribution in [0, 0.1) is 6.92 Å². The number of carbonyl (C=O) groups excluding carboxylic acids is 3. The summed E-state index contributed by atoms with van der Waals surface area (Å²) >= 11 is 2.12. The molecule has 0 aliphatic heterocycles. The van der Waals surface area contributed by atoms with Crippen LogP contribution in [0.1, 0.15) is 39.4 Å². The number of nitrogens with one attached hydrogen (secondary N) is 1. The van der Waals surface area contributed by atoms with E-state index in [0.29, 0.717) is 23.1 Å². The minimum Gasteiger partial charge on any atom is -0.497 e. The van der Waals surface area contributed by atoms with Crippen molar-refractivity contribution in [3.8, 4) is 17.1 Å². The Morgan fingerprint density at radius 1 is 1.25 bits per heavy atom. The third kappa shape index (κ3) is 6.13. The molecule has 2 heterocycles. The zero-order valence-corrected chi connectivity index (χ0v) is 22.0. The average Bonchev–Trinajstić information content (AvgIpc) is 3.38. The molecule has 3 rings (SSSR count). The Hall–Kier alpha value is -3.64. The van der Waals surface area contributed by atoms with E-state index in [2.05, 4.69) is 22.1 Å². The van der Waals surface area contributed by atoms with Gasteiger partial charge >= 0.3 is 5.97 Å². The number of primary amides is 1. The van der Waals surface area contributed by atoms with Crippen LogP contribution in [-0.4, -0.2) is 51.5 Å². The number of esters is 1. The number of nitrogens with zero attached hydrogens (tertiary/aromatic N) is 3. The molecule has 0 atom stereocenters. The van der Waals surface area contributed by atoms with Gasteiger partial charge in [-0.15, -0.1) is 28.1 Å². The van der Waals surface area contributed by atoms with E-state index in [4.69, 9.17) is 15.2 Å². The molecule has 0 fully saturated rings. The van der Waals surface area contributed by atoms with Gasteiger partial charge in [0, 0.05) is 12.1 Å². The van der Waals surface area contributed by atoms with Crippen molar-refractivity contribution < 1.29 is 23.9 Å². The molecular formula is C24H27N5O5S2. The molecule has 0 spiro atoms. The average molecular weight is 530 g/mol. The minimum absolute atomic E-state index is 0.0145. The largest absolute Gasteiger partial charge is 0.497 e. The van der Waals surface area contributed by atoms with Crippen molar-refractivity contribution in [1.29, 1.82) is 0 Å². The summed E-state index contributed by atoms with van der Waals surface area (Å²) in [5.74, 6) is -0.382. The molecule has 3 aromatic rings. The molecule has 1 aromatic carbocycles. The number of hydrogen-bond acceptors (Lipinski definition) is 9. The molecule has 190 valence electrons. The molecule has 10 nitrogen and oxygen atoms in total. The zero-order valence-electron chi connectivity index (χ0n) is 20.4. The molecule has 0 saturated heterocycles. The van der Waals surface area contributed by atoms with Crippen LogP contribution in [0.15, 0.2) is 42.1 Å². The summed E-state index contributed by atoms with van der Waals surface area (Å²) in [6, 6.07) is 7.40. The second kappa shape index (κ2) is 11.9. The topological polar surface area (TPSA) is 138 Å². The molecule has 36 heavy (non-hydrogen) atoms. The van der Waals surface area contributed by atoms with Crippen LogP contribution in [0.3, 0.4) is 0 Å². The highest BCUT2D eigenvalue weighted by Crippen LogP contribution is 2.34. The Labute approximate surface area is 216 Å². The molecule has 2 amide bonds. The molecule has 0 unspecified atom stereocenters. The van der Waals surface area contributed by atoms with Crippen LogP contribution in [0.25, 0.3) is 11.4 Å². The number of carbonyl (C=O) groups is 3. The van der Waals surface area contributed by atoms with Gasteiger partial charge in [0.05, 0.1) is 29.4 Å². The third-order valence-electron chi connectivity index (χ3n) is 4.88. The Morgan fingerprint density at radius 3 is 2.53 bits per heavy atom. The number of anilines is 1. The van der Waals surface area contributed by atoms with Crippen molar-refractivity contribution in [2.24, 2.45) is 5.73 Å². The molecule has 0 aliphatic rings. The van der Waals surface area contributed by atoms with Gasteiger partial charge in [-0.1, -0.05) is 17.8 Å². The first-order valence-corrected chi connectivity index (χ1v) is 12.7. The Morgan fingerprint density at radius 2 is 1.94 bits per heavy atom. The number of thiophene rings is 1. The SMILES string of the molecule is C=CCn1c(SCC(=O)Nc2sc(C(N)=O)c(C)c2C(=O)OC(C)C)nnc1-c1ccc(OC)cc1. The van der Waals surface area contributed by atoms with Crippen LogP contribution >= 0.6 is 23.1 Å². The van der Waals surface area contributed by atoms with Crippen molar-refractivity contribution in [1.82, 2.24) is 14.8 Å². The van der Waals surface area contributed by atoms with Gasteiger partial charge in [-0.3, -0.25) is 14.2 Å². The number of thioether (sulfide) groups is 1. The second-order valence-corrected chi connectivity index (χ2v) is 9.81. The Balaban J connectivity index is 1.79. The maximum Gasteiger partial charge on any atom is 0.341 e. The van der Waals surface area contributed by atoms with Crippen LogP contribution in [0.5, 0.6) is 5.75 Å². The van der Waals surface area contributed by atoms with Crippen molar-refractivity contribution in [3.05, 3.63) is 52.9 Å². The lowest BCUT2D eigenvalue weighted by Gasteiger charge is -2.11. The maximum absolute atomic E-state index is 12.8. The molecular weight excluding hydrogens is 502 g/mol. The van der Waals surface area contributed by atoms with Gasteiger partial charge in [0.1, 0.15) is 10.8 Å². The molecule has 0 aliphatic carbocycles. The normalized spacial score (nSPS) is 10.8. The summed E-state index contributed by atoms with van der Waals surface area (Å²) in [6.45, 7) is 9.25. The minimum atomic E-state index is -0.686. The molecule has 12 heteroatoms. The van der Waals surface area contributed by atoms with E-state index in [1.54, 1.807) is 34.0 Å². The van der Waals surface area contributed by atoms with Crippen molar-refractivity contribution >= 4 is 45.9 Å². The fraction of sp³-hybridized carbons (Fsp3) is 0.292. The first-order chi connectivity index (χ1) is 17.2. The van der Waals surface area contributed by atoms with E-state index in [1.807, 2.05) is 28.8 Å². The molecule has 0 saturated carbocycles. The number of benzene rings is 1. The highest BCUT2D eigenvalue weighted by atomic mass is 32.2. The first-order valence-electron chi connectivity index (χ1n) is 10.9. The van der Waals surface area contributed by atoms with Crippen molar-refractivity contribution in [3.63, 3.8) is 0 Å². The maximum atomic E-state index is 12.8. The summed E-state index contributed by atoms with van der Waals surface area (Å²) < 4.78 is 12.3. The second-order valence-electron chi connectivity index (χ2n) is 7.85. The summed E-state index contributed by atoms with van der Waals surface area (Å²) in [4.78, 5) is 37.4. The van der Waals surface area contributed by atoms with Crippen LogP contribution in [-0.2, 0) is 16.1 Å². The smallest absolute Gasteiger partial charge is 0.341 e. The van der Waals surface area contributed by atoms with E-state index in [-0.39, 0.29) is 27.3 Å². The Bertz CT molecular complexity index is 1280. The molecule has 0 radical (unpaired) electrons. The number of hydrogen-bond donors (Lipinski definition) is 2. The van der Waals surface area contributed by atoms with Crippen LogP contribution in [0.4, 0.5) is 5.00 Å². The van der Waals surface area contributed by atoms with E-state index in [1.165, 1.54) is 11.8 Å². The summed E-state index contributed by atoms with van der Waals surface area (Å²) in [5, 5.41) is 12.0. The highest BCUT2D eigenvalue weighted by Gasteiger charge is 2.26. The monoisotopic (exact) mass is 529 g/mol. The lowest BCUT2D eigenvalue weighted by molar-refractivity contribution is -0.113. The fourth-order valence-corrected chi connectivity index (χ4v) is 5.10. The van der Waals surface area contributed by atoms with Crippen LogP contribution < -0.4 is 15.8 Å². The lowest BCUT2D eigenvalue weighted by Crippen LogP contribution is -2.18. The van der Waals surface area contributed by atoms with Gasteiger partial charge < -0.3 is 20.5 Å². The predicted octanol–water partition coefficient (Wildman–Crippen LogP) is 3.90. The fourth-order valence-electron chi connectivity index (χ4n) is 3.29. The van der Waals surface area contributed by atoms with Gasteiger partial charge in [-0.05, 0) is 50.6 Å². The van der Waals surface area contributed by atoms with E-state index < -0.39 is 17.8 Å². The van der Waals surface area contributed by atoms with E-state index >= 15 is 0 Å². The van der Waals surface area contributed by atoms with E-state index in [0.717, 1.165) is 22.6 Å². The molecule has 0 bridgehead atoms. The van der Waals surface area contributed by atoms with E-state index in [9.17, 15) is 14.4 Å². The predicted molar refractivity (Wildman–Crippen MR) is 140 cm³/mol. The quantitative estimate of drug-likeness (QED) is 0.217. The number of amides is 2. The van der Waals surface area contributed by atoms with Gasteiger partial charge in [0.25, 0.3) is 5.91 Å². The number of nitrogens with two attached hydrogens (primary N) is 1. The Kier molecular flexibility index (Phi) is 8.88. The first kappa shape index (κ1) is 27.0. The van der Waals surface area contributed by atoms with Crippen molar-refractivity contribution in [2.45, 2.75) is 38.6 Å². The molecule has 2 aromatic heterocycles. The molecule has 3 N–H and O–H groups in total. The summed E-state index contributed by atoms with van der Waals surface area (Å²) in [6.07, 6.45) is 1.34. The van der Waals surface area contributed by atoms with Crippen molar-refractivity contribution in [2.75, 3.05) is 18.2 Å². The number of allylic oxidation sites excluding steroid dienone is 1. The number of methoxy groups -OCH3 is 1. The third-order valence-corrected chi connectivity index (χ3v) is 7.07. The number of aromatic nitrogens is 3. The summed E-state index contributed by atoms with van der Waals surface area (Å²) in [5.41, 5.74) is 6.77. The zero-order chi connectivity index (χ0) is 26.4. The van der Waals surface area contributed by atoms with Gasteiger partial charge in [0.15, 0.2) is 11.0 Å². The number of ether oxygens (including phenoxy) is 2. The lowest BCUT2D eigenvalue weighted by atomic mass is 10.1. The standard InChI is InChI=1S/C24H27N5O5S2/c1-6-11-29-21(15-7-9-16(33-5)10-8-15)27-28-24(29)35-12-17(30)26-22-18(23(32)34-13(2)3)14(4)19(36-22)20(25)31/h6-10,13H,1,11-12H2,2-5H3,(H2,25,31)(H,26,30). The highest BCUT2D eigenvalue weighted by molar-refractivity contribution is 7.99. The van der Waals surface area contributed by atoms with Gasteiger partial charge in [-0.2, -0.15) is 0 Å². The van der Waals surface area contributed by atoms with Gasteiger partial charge in [0.2, 0.25) is 5.91 Å². The van der Waals surface area contributed by atoms with Crippen LogP contribution in [0.2, 0.25) is 0 Å². The summed E-state index contributed by atoms with van der Waals surface area (Å²) in [7, 11) is 1.59.